The zero-order valence-corrected chi connectivity index (χ0v) is 11.5. The summed E-state index contributed by atoms with van der Waals surface area (Å²) < 4.78 is 0. The predicted octanol–water partition coefficient (Wildman–Crippen LogP) is 3.04. The van der Waals surface area contributed by atoms with E-state index in [4.69, 9.17) is 5.73 Å². The monoisotopic (exact) mass is 250 g/mol. The molecule has 1 aliphatic rings. The Balaban J connectivity index is 2.13. The molecule has 1 aliphatic heterocycles. The summed E-state index contributed by atoms with van der Waals surface area (Å²) in [7, 11) is 0. The maximum Gasteiger partial charge on any atom is 0.0414 e. The first-order chi connectivity index (χ1) is 8.22. The van der Waals surface area contributed by atoms with E-state index in [0.29, 0.717) is 0 Å². The second-order valence-corrected chi connectivity index (χ2v) is 5.91. The summed E-state index contributed by atoms with van der Waals surface area (Å²) in [4.78, 5) is 2.49. The third kappa shape index (κ3) is 2.96. The molecule has 2 rings (SSSR count). The van der Waals surface area contributed by atoms with Crippen molar-refractivity contribution in [3.8, 4) is 0 Å². The third-order valence-electron chi connectivity index (χ3n) is 3.54. The second kappa shape index (κ2) is 5.78. The van der Waals surface area contributed by atoms with Crippen LogP contribution in [0.25, 0.3) is 0 Å². The van der Waals surface area contributed by atoms with Crippen molar-refractivity contribution in [2.24, 2.45) is 5.73 Å². The standard InChI is InChI=1S/C14H22N2S/c1-11(15)13-5-3-4-6-14(13)16-9-7-12(17-2)8-10-16/h3-6,11-12H,7-10,15H2,1-2H3. The molecule has 1 heterocycles. The van der Waals surface area contributed by atoms with E-state index in [0.717, 1.165) is 18.3 Å². The van der Waals surface area contributed by atoms with Gasteiger partial charge in [0, 0.05) is 30.1 Å². The van der Waals surface area contributed by atoms with Gasteiger partial charge in [-0.25, -0.2) is 0 Å². The van der Waals surface area contributed by atoms with E-state index >= 15 is 0 Å². The molecule has 2 nitrogen and oxygen atoms in total. The lowest BCUT2D eigenvalue weighted by atomic mass is 10.0. The largest absolute Gasteiger partial charge is 0.371 e. The highest BCUT2D eigenvalue weighted by molar-refractivity contribution is 7.99. The quantitative estimate of drug-likeness (QED) is 0.894. The molecule has 2 N–H and O–H groups in total. The first-order valence-corrected chi connectivity index (χ1v) is 7.63. The summed E-state index contributed by atoms with van der Waals surface area (Å²) in [5, 5.41) is 0.841. The van der Waals surface area contributed by atoms with Crippen molar-refractivity contribution in [3.05, 3.63) is 29.8 Å². The first kappa shape index (κ1) is 12.8. The van der Waals surface area contributed by atoms with E-state index in [1.54, 1.807) is 0 Å². The predicted molar refractivity (Wildman–Crippen MR) is 77.8 cm³/mol. The minimum Gasteiger partial charge on any atom is -0.371 e. The molecule has 0 amide bonds. The van der Waals surface area contributed by atoms with E-state index < -0.39 is 0 Å². The van der Waals surface area contributed by atoms with Gasteiger partial charge in [0.25, 0.3) is 0 Å². The molecule has 0 saturated carbocycles. The van der Waals surface area contributed by atoms with Crippen molar-refractivity contribution in [3.63, 3.8) is 0 Å². The van der Waals surface area contributed by atoms with Gasteiger partial charge < -0.3 is 10.6 Å². The number of piperidine rings is 1. The molecule has 0 bridgehead atoms. The van der Waals surface area contributed by atoms with E-state index in [1.807, 2.05) is 11.8 Å². The van der Waals surface area contributed by atoms with E-state index in [2.05, 4.69) is 42.3 Å². The Labute approximate surface area is 109 Å². The van der Waals surface area contributed by atoms with Crippen molar-refractivity contribution in [1.82, 2.24) is 0 Å². The lowest BCUT2D eigenvalue weighted by molar-refractivity contribution is 0.588. The Bertz CT molecular complexity index is 357. The average molecular weight is 250 g/mol. The molecule has 1 aromatic carbocycles. The highest BCUT2D eigenvalue weighted by Gasteiger charge is 2.20. The number of anilines is 1. The lowest BCUT2D eigenvalue weighted by Crippen LogP contribution is -2.35. The Morgan fingerprint density at radius 1 is 1.29 bits per heavy atom. The second-order valence-electron chi connectivity index (χ2n) is 4.77. The molecule has 94 valence electrons. The van der Waals surface area contributed by atoms with Crippen molar-refractivity contribution < 1.29 is 0 Å². The molecule has 1 saturated heterocycles. The maximum atomic E-state index is 6.04. The summed E-state index contributed by atoms with van der Waals surface area (Å²) in [5.74, 6) is 0. The highest BCUT2D eigenvalue weighted by Crippen LogP contribution is 2.29. The average Bonchev–Trinajstić information content (AvgIpc) is 2.39. The number of hydrogen-bond donors (Lipinski definition) is 1. The fourth-order valence-electron chi connectivity index (χ4n) is 2.49. The first-order valence-electron chi connectivity index (χ1n) is 6.34. The summed E-state index contributed by atoms with van der Waals surface area (Å²) in [6.07, 6.45) is 4.79. The topological polar surface area (TPSA) is 29.3 Å². The van der Waals surface area contributed by atoms with Gasteiger partial charge in [0.15, 0.2) is 0 Å². The highest BCUT2D eigenvalue weighted by atomic mass is 32.2. The number of benzene rings is 1. The minimum absolute atomic E-state index is 0.115. The Morgan fingerprint density at radius 2 is 1.94 bits per heavy atom. The number of nitrogens with two attached hydrogens (primary N) is 1. The molecule has 17 heavy (non-hydrogen) atoms. The van der Waals surface area contributed by atoms with Gasteiger partial charge in [-0.05, 0) is 37.7 Å². The summed E-state index contributed by atoms with van der Waals surface area (Å²) >= 11 is 2.00. The van der Waals surface area contributed by atoms with Crippen molar-refractivity contribution in [2.75, 3.05) is 24.2 Å². The molecular weight excluding hydrogens is 228 g/mol. The van der Waals surface area contributed by atoms with E-state index in [9.17, 15) is 0 Å². The molecule has 0 spiro atoms. The number of nitrogens with zero attached hydrogens (tertiary/aromatic N) is 1. The SMILES string of the molecule is CSC1CCN(c2ccccc2C(C)N)CC1. The normalized spacial score (nSPS) is 19.4. The number of para-hydroxylation sites is 1. The molecule has 1 unspecified atom stereocenters. The van der Waals surface area contributed by atoms with Gasteiger partial charge >= 0.3 is 0 Å². The molecule has 1 atom stereocenters. The van der Waals surface area contributed by atoms with Crippen LogP contribution in [-0.2, 0) is 0 Å². The van der Waals surface area contributed by atoms with Crippen LogP contribution in [0, 0.1) is 0 Å². The number of hydrogen-bond acceptors (Lipinski definition) is 3. The molecule has 0 radical (unpaired) electrons. The number of rotatable bonds is 3. The molecule has 0 aliphatic carbocycles. The van der Waals surface area contributed by atoms with Crippen LogP contribution < -0.4 is 10.6 Å². The van der Waals surface area contributed by atoms with Crippen LogP contribution in [0.2, 0.25) is 0 Å². The van der Waals surface area contributed by atoms with E-state index in [1.165, 1.54) is 24.1 Å². The van der Waals surface area contributed by atoms with Gasteiger partial charge in [-0.3, -0.25) is 0 Å². The van der Waals surface area contributed by atoms with Crippen LogP contribution in [0.15, 0.2) is 24.3 Å². The fourth-order valence-corrected chi connectivity index (χ4v) is 3.18. The maximum absolute atomic E-state index is 6.04. The van der Waals surface area contributed by atoms with Crippen LogP contribution in [0.1, 0.15) is 31.4 Å². The van der Waals surface area contributed by atoms with Gasteiger partial charge in [-0.1, -0.05) is 18.2 Å². The molecular formula is C14H22N2S. The van der Waals surface area contributed by atoms with Gasteiger partial charge in [0.05, 0.1) is 0 Å². The van der Waals surface area contributed by atoms with E-state index in [-0.39, 0.29) is 6.04 Å². The Hall–Kier alpha value is -0.670. The van der Waals surface area contributed by atoms with Crippen LogP contribution in [-0.4, -0.2) is 24.6 Å². The summed E-state index contributed by atoms with van der Waals surface area (Å²) in [5.41, 5.74) is 8.65. The number of thioether (sulfide) groups is 1. The third-order valence-corrected chi connectivity index (χ3v) is 4.68. The lowest BCUT2D eigenvalue weighted by Gasteiger charge is -2.34. The van der Waals surface area contributed by atoms with Crippen LogP contribution >= 0.6 is 11.8 Å². The fraction of sp³-hybridized carbons (Fsp3) is 0.571. The summed E-state index contributed by atoms with van der Waals surface area (Å²) in [6.45, 7) is 4.39. The summed E-state index contributed by atoms with van der Waals surface area (Å²) in [6, 6.07) is 8.67. The minimum atomic E-state index is 0.115. The Kier molecular flexibility index (Phi) is 4.35. The smallest absolute Gasteiger partial charge is 0.0414 e. The van der Waals surface area contributed by atoms with Gasteiger partial charge in [-0.2, -0.15) is 11.8 Å². The van der Waals surface area contributed by atoms with Crippen LogP contribution in [0.3, 0.4) is 0 Å². The molecule has 1 fully saturated rings. The van der Waals surface area contributed by atoms with Crippen molar-refractivity contribution in [2.45, 2.75) is 31.1 Å². The van der Waals surface area contributed by atoms with Gasteiger partial charge in [0.2, 0.25) is 0 Å². The van der Waals surface area contributed by atoms with Crippen molar-refractivity contribution in [1.29, 1.82) is 0 Å². The van der Waals surface area contributed by atoms with Crippen LogP contribution in [0.5, 0.6) is 0 Å². The molecule has 3 heteroatoms. The zero-order chi connectivity index (χ0) is 12.3. The Morgan fingerprint density at radius 3 is 2.53 bits per heavy atom. The van der Waals surface area contributed by atoms with Crippen molar-refractivity contribution >= 4 is 17.4 Å². The van der Waals surface area contributed by atoms with Crippen LogP contribution in [0.4, 0.5) is 5.69 Å². The molecule has 1 aromatic rings. The van der Waals surface area contributed by atoms with Gasteiger partial charge in [0.1, 0.15) is 0 Å². The van der Waals surface area contributed by atoms with Gasteiger partial charge in [-0.15, -0.1) is 0 Å². The molecule has 0 aromatic heterocycles. The zero-order valence-electron chi connectivity index (χ0n) is 10.7.